The van der Waals surface area contributed by atoms with E-state index < -0.39 is 0 Å². The second kappa shape index (κ2) is 6.49. The molecule has 2 nitrogen and oxygen atoms in total. The maximum atomic E-state index is 5.98. The van der Waals surface area contributed by atoms with Crippen LogP contribution in [0.5, 0.6) is 11.5 Å². The van der Waals surface area contributed by atoms with Gasteiger partial charge in [-0.1, -0.05) is 40.9 Å². The monoisotopic (exact) mass is 315 g/mol. The number of halogens is 3. The molecule has 0 amide bonds. The third-order valence-corrected chi connectivity index (χ3v) is 3.54. The Labute approximate surface area is 127 Å². The van der Waals surface area contributed by atoms with Gasteiger partial charge in [-0.25, -0.2) is 0 Å². The maximum Gasteiger partial charge on any atom is 0.132 e. The van der Waals surface area contributed by atoms with Gasteiger partial charge in [0.15, 0.2) is 0 Å². The summed E-state index contributed by atoms with van der Waals surface area (Å²) in [6.07, 6.45) is 0.716. The molecule has 0 radical (unpaired) electrons. The van der Waals surface area contributed by atoms with Crippen molar-refractivity contribution in [2.45, 2.75) is 6.42 Å². The number of ether oxygens (including phenoxy) is 1. The lowest BCUT2D eigenvalue weighted by Gasteiger charge is -2.11. The molecule has 19 heavy (non-hydrogen) atoms. The van der Waals surface area contributed by atoms with Crippen LogP contribution in [0.3, 0.4) is 0 Å². The second-order valence-corrected chi connectivity index (χ2v) is 5.22. The summed E-state index contributed by atoms with van der Waals surface area (Å²) in [5.74, 6) is 1.28. The van der Waals surface area contributed by atoms with E-state index in [1.165, 1.54) is 0 Å². The van der Waals surface area contributed by atoms with Crippen LogP contribution in [0, 0.1) is 0 Å². The number of hydrogen-bond acceptors (Lipinski definition) is 2. The average molecular weight is 317 g/mol. The molecule has 2 rings (SSSR count). The minimum atomic E-state index is 0.446. The van der Waals surface area contributed by atoms with Gasteiger partial charge >= 0.3 is 0 Å². The predicted molar refractivity (Wildman–Crippen MR) is 80.7 cm³/mol. The zero-order valence-electron chi connectivity index (χ0n) is 10.00. The standard InChI is InChI=1S/C14H12Cl3NO/c15-10-2-1-9(5-6-18)14(7-10)19-11-3-4-12(16)13(17)8-11/h1-4,7-8H,5-6,18H2. The summed E-state index contributed by atoms with van der Waals surface area (Å²) in [6, 6.07) is 10.6. The van der Waals surface area contributed by atoms with Crippen molar-refractivity contribution in [3.63, 3.8) is 0 Å². The minimum Gasteiger partial charge on any atom is -0.457 e. The van der Waals surface area contributed by atoms with E-state index in [4.69, 9.17) is 45.3 Å². The Morgan fingerprint density at radius 1 is 0.947 bits per heavy atom. The van der Waals surface area contributed by atoms with Crippen molar-refractivity contribution in [1.82, 2.24) is 0 Å². The van der Waals surface area contributed by atoms with Gasteiger partial charge in [-0.15, -0.1) is 0 Å². The van der Waals surface area contributed by atoms with E-state index in [0.29, 0.717) is 39.5 Å². The molecule has 2 aromatic rings. The number of hydrogen-bond donors (Lipinski definition) is 1. The normalized spacial score (nSPS) is 10.5. The summed E-state index contributed by atoms with van der Waals surface area (Å²) in [5, 5.41) is 1.54. The predicted octanol–water partition coefficient (Wildman–Crippen LogP) is 4.94. The van der Waals surface area contributed by atoms with Gasteiger partial charge < -0.3 is 10.5 Å². The Morgan fingerprint density at radius 3 is 2.42 bits per heavy atom. The maximum absolute atomic E-state index is 5.98. The minimum absolute atomic E-state index is 0.446. The Morgan fingerprint density at radius 2 is 1.74 bits per heavy atom. The molecule has 0 aliphatic rings. The molecule has 0 unspecified atom stereocenters. The van der Waals surface area contributed by atoms with Gasteiger partial charge in [-0.05, 0) is 42.8 Å². The summed E-state index contributed by atoms with van der Waals surface area (Å²) in [4.78, 5) is 0. The van der Waals surface area contributed by atoms with Gasteiger partial charge in [0.1, 0.15) is 11.5 Å². The largest absolute Gasteiger partial charge is 0.457 e. The van der Waals surface area contributed by atoms with Crippen LogP contribution in [0.1, 0.15) is 5.56 Å². The third kappa shape index (κ3) is 3.77. The highest BCUT2D eigenvalue weighted by Crippen LogP contribution is 2.32. The molecule has 0 bridgehead atoms. The van der Waals surface area contributed by atoms with Crippen LogP contribution in [0.4, 0.5) is 0 Å². The van der Waals surface area contributed by atoms with Crippen molar-refractivity contribution in [2.24, 2.45) is 5.73 Å². The van der Waals surface area contributed by atoms with E-state index in [0.717, 1.165) is 5.56 Å². The van der Waals surface area contributed by atoms with Gasteiger partial charge in [-0.3, -0.25) is 0 Å². The fourth-order valence-electron chi connectivity index (χ4n) is 1.65. The van der Waals surface area contributed by atoms with Crippen molar-refractivity contribution in [1.29, 1.82) is 0 Å². The van der Waals surface area contributed by atoms with Crippen LogP contribution in [0.15, 0.2) is 36.4 Å². The molecule has 5 heteroatoms. The van der Waals surface area contributed by atoms with Crippen LogP contribution < -0.4 is 10.5 Å². The van der Waals surface area contributed by atoms with E-state index in [2.05, 4.69) is 0 Å². The van der Waals surface area contributed by atoms with Crippen LogP contribution in [0.25, 0.3) is 0 Å². The molecule has 2 N–H and O–H groups in total. The quantitative estimate of drug-likeness (QED) is 0.867. The fraction of sp³-hybridized carbons (Fsp3) is 0.143. The molecule has 0 atom stereocenters. The SMILES string of the molecule is NCCc1ccc(Cl)cc1Oc1ccc(Cl)c(Cl)c1. The molecule has 0 spiro atoms. The van der Waals surface area contributed by atoms with Gasteiger partial charge in [0.05, 0.1) is 10.0 Å². The third-order valence-electron chi connectivity index (χ3n) is 2.56. The molecule has 2 aromatic carbocycles. The van der Waals surface area contributed by atoms with Crippen LogP contribution in [-0.2, 0) is 6.42 Å². The topological polar surface area (TPSA) is 35.2 Å². The highest BCUT2D eigenvalue weighted by Gasteiger charge is 2.07. The van der Waals surface area contributed by atoms with Crippen molar-refractivity contribution in [3.8, 4) is 11.5 Å². The first-order valence-electron chi connectivity index (χ1n) is 5.71. The zero-order valence-corrected chi connectivity index (χ0v) is 12.3. The Bertz CT molecular complexity index is 587. The Hall–Kier alpha value is -0.930. The first kappa shape index (κ1) is 14.5. The van der Waals surface area contributed by atoms with Gasteiger partial charge in [0, 0.05) is 11.1 Å². The van der Waals surface area contributed by atoms with Crippen molar-refractivity contribution in [2.75, 3.05) is 6.54 Å². The summed E-state index contributed by atoms with van der Waals surface area (Å²) in [7, 11) is 0. The van der Waals surface area contributed by atoms with E-state index in [1.54, 1.807) is 24.3 Å². The molecule has 0 saturated carbocycles. The Balaban J connectivity index is 2.30. The zero-order chi connectivity index (χ0) is 13.8. The van der Waals surface area contributed by atoms with Crippen molar-refractivity contribution >= 4 is 34.8 Å². The molecule has 100 valence electrons. The van der Waals surface area contributed by atoms with E-state index in [9.17, 15) is 0 Å². The van der Waals surface area contributed by atoms with Gasteiger partial charge in [-0.2, -0.15) is 0 Å². The number of nitrogens with two attached hydrogens (primary N) is 1. The lowest BCUT2D eigenvalue weighted by molar-refractivity contribution is 0.476. The van der Waals surface area contributed by atoms with Crippen LogP contribution in [-0.4, -0.2) is 6.54 Å². The average Bonchev–Trinajstić information content (AvgIpc) is 2.37. The lowest BCUT2D eigenvalue weighted by Crippen LogP contribution is -2.04. The first-order valence-corrected chi connectivity index (χ1v) is 6.85. The second-order valence-electron chi connectivity index (χ2n) is 3.97. The molecule has 0 heterocycles. The van der Waals surface area contributed by atoms with E-state index in [1.807, 2.05) is 12.1 Å². The highest BCUT2D eigenvalue weighted by atomic mass is 35.5. The fourth-order valence-corrected chi connectivity index (χ4v) is 2.10. The molecule has 0 aliphatic heterocycles. The summed E-state index contributed by atoms with van der Waals surface area (Å²) < 4.78 is 5.80. The molecule has 0 saturated heterocycles. The summed E-state index contributed by atoms with van der Waals surface area (Å²) in [5.41, 5.74) is 6.58. The molecule has 0 fully saturated rings. The molecule has 0 aromatic heterocycles. The highest BCUT2D eigenvalue weighted by molar-refractivity contribution is 6.42. The smallest absolute Gasteiger partial charge is 0.132 e. The molecular formula is C14H12Cl3NO. The molecular weight excluding hydrogens is 305 g/mol. The summed E-state index contributed by atoms with van der Waals surface area (Å²) >= 11 is 17.8. The van der Waals surface area contributed by atoms with Gasteiger partial charge in [0.2, 0.25) is 0 Å². The van der Waals surface area contributed by atoms with Crippen LogP contribution in [0.2, 0.25) is 15.1 Å². The summed E-state index contributed by atoms with van der Waals surface area (Å²) in [6.45, 7) is 0.541. The lowest BCUT2D eigenvalue weighted by atomic mass is 10.1. The van der Waals surface area contributed by atoms with Gasteiger partial charge in [0.25, 0.3) is 0 Å². The Kier molecular flexibility index (Phi) is 4.94. The molecule has 0 aliphatic carbocycles. The first-order chi connectivity index (χ1) is 9.10. The van der Waals surface area contributed by atoms with Crippen molar-refractivity contribution < 1.29 is 4.74 Å². The van der Waals surface area contributed by atoms with E-state index in [-0.39, 0.29) is 0 Å². The van der Waals surface area contributed by atoms with E-state index >= 15 is 0 Å². The van der Waals surface area contributed by atoms with Crippen molar-refractivity contribution in [3.05, 3.63) is 57.0 Å². The van der Waals surface area contributed by atoms with Crippen LogP contribution >= 0.6 is 34.8 Å². The number of rotatable bonds is 4. The number of benzene rings is 2.